The summed E-state index contributed by atoms with van der Waals surface area (Å²) in [6.45, 7) is 0. The van der Waals surface area contributed by atoms with Gasteiger partial charge < -0.3 is 15.2 Å². The predicted octanol–water partition coefficient (Wildman–Crippen LogP) is 1.50. The van der Waals surface area contributed by atoms with Crippen molar-refractivity contribution in [2.45, 2.75) is 37.8 Å². The molecule has 1 fully saturated rings. The first-order valence-corrected chi connectivity index (χ1v) is 6.72. The van der Waals surface area contributed by atoms with Crippen molar-refractivity contribution in [2.75, 3.05) is 0 Å². The number of nitrogens with zero attached hydrogens (tertiary/aromatic N) is 1. The Hall–Kier alpha value is -2.08. The molecule has 6 heteroatoms. The van der Waals surface area contributed by atoms with Crippen molar-refractivity contribution in [3.05, 3.63) is 34.2 Å². The van der Waals surface area contributed by atoms with Crippen LogP contribution in [0.4, 0.5) is 0 Å². The number of benzene rings is 1. The van der Waals surface area contributed by atoms with Gasteiger partial charge in [-0.25, -0.2) is 9.59 Å². The van der Waals surface area contributed by atoms with Crippen molar-refractivity contribution in [3.8, 4) is 0 Å². The predicted molar refractivity (Wildman–Crippen MR) is 73.0 cm³/mol. The lowest BCUT2D eigenvalue weighted by Crippen LogP contribution is -2.28. The van der Waals surface area contributed by atoms with Gasteiger partial charge in [0.2, 0.25) is 0 Å². The van der Waals surface area contributed by atoms with E-state index in [0.717, 1.165) is 0 Å². The van der Waals surface area contributed by atoms with Crippen LogP contribution in [0.2, 0.25) is 0 Å². The van der Waals surface area contributed by atoms with Crippen LogP contribution in [-0.4, -0.2) is 31.8 Å². The number of carboxylic acid groups (broad SMARTS) is 1. The quantitative estimate of drug-likeness (QED) is 0.774. The number of aliphatic hydroxyl groups excluding tert-OH is 1. The topological polar surface area (TPSA) is 95.3 Å². The normalized spacial score (nSPS) is 23.1. The number of carboxylic acids is 1. The fourth-order valence-electron chi connectivity index (χ4n) is 3.02. The first-order chi connectivity index (χ1) is 9.58. The van der Waals surface area contributed by atoms with E-state index >= 15 is 0 Å². The van der Waals surface area contributed by atoms with Crippen molar-refractivity contribution < 1.29 is 15.0 Å². The average molecular weight is 276 g/mol. The molecular weight excluding hydrogens is 260 g/mol. The third-order valence-corrected chi connectivity index (χ3v) is 4.00. The number of carbonyl (C=O) groups is 1. The van der Waals surface area contributed by atoms with Gasteiger partial charge in [-0.15, -0.1) is 0 Å². The molecule has 1 aromatic heterocycles. The van der Waals surface area contributed by atoms with E-state index in [4.69, 9.17) is 0 Å². The van der Waals surface area contributed by atoms with Crippen LogP contribution in [0.5, 0.6) is 0 Å². The van der Waals surface area contributed by atoms with Gasteiger partial charge in [-0.1, -0.05) is 6.07 Å². The van der Waals surface area contributed by atoms with Gasteiger partial charge in [0.15, 0.2) is 0 Å². The zero-order valence-electron chi connectivity index (χ0n) is 10.9. The molecule has 20 heavy (non-hydrogen) atoms. The Balaban J connectivity index is 2.17. The summed E-state index contributed by atoms with van der Waals surface area (Å²) in [7, 11) is 0. The molecule has 6 nitrogen and oxygen atoms in total. The molecule has 0 aliphatic heterocycles. The molecule has 2 aromatic rings. The summed E-state index contributed by atoms with van der Waals surface area (Å²) in [5.41, 5.74) is 0.842. The van der Waals surface area contributed by atoms with E-state index in [2.05, 4.69) is 4.98 Å². The number of aliphatic hydroxyl groups is 1. The summed E-state index contributed by atoms with van der Waals surface area (Å²) in [6, 6.07) is 4.78. The van der Waals surface area contributed by atoms with Crippen LogP contribution in [0.3, 0.4) is 0 Å². The Labute approximate surface area is 114 Å². The molecule has 1 heterocycles. The van der Waals surface area contributed by atoms with E-state index in [1.807, 2.05) is 0 Å². The van der Waals surface area contributed by atoms with Crippen LogP contribution in [0, 0.1) is 0 Å². The van der Waals surface area contributed by atoms with E-state index in [1.54, 1.807) is 16.7 Å². The molecule has 1 aliphatic rings. The molecule has 3 N–H and O–H groups in total. The molecule has 0 spiro atoms. The Morgan fingerprint density at radius 1 is 1.25 bits per heavy atom. The number of nitrogens with one attached hydrogen (secondary N) is 1. The smallest absolute Gasteiger partial charge is 0.337 e. The summed E-state index contributed by atoms with van der Waals surface area (Å²) in [5, 5.41) is 18.8. The fourth-order valence-corrected chi connectivity index (χ4v) is 3.02. The highest BCUT2D eigenvalue weighted by Gasteiger charge is 2.25. The number of para-hydroxylation sites is 1. The van der Waals surface area contributed by atoms with Gasteiger partial charge >= 0.3 is 11.7 Å². The highest BCUT2D eigenvalue weighted by Crippen LogP contribution is 2.30. The monoisotopic (exact) mass is 276 g/mol. The lowest BCUT2D eigenvalue weighted by atomic mass is 9.93. The Morgan fingerprint density at radius 2 is 1.95 bits per heavy atom. The number of hydrogen-bond donors (Lipinski definition) is 3. The van der Waals surface area contributed by atoms with Crippen LogP contribution in [0.15, 0.2) is 23.0 Å². The minimum Gasteiger partial charge on any atom is -0.478 e. The minimum absolute atomic E-state index is 0.0554. The maximum atomic E-state index is 12.1. The number of aromatic amines is 1. The summed E-state index contributed by atoms with van der Waals surface area (Å²) in [5.74, 6) is -1.04. The molecule has 1 saturated carbocycles. The Bertz CT molecular complexity index is 708. The molecule has 0 unspecified atom stereocenters. The minimum atomic E-state index is -1.04. The van der Waals surface area contributed by atoms with Crippen LogP contribution < -0.4 is 5.69 Å². The summed E-state index contributed by atoms with van der Waals surface area (Å²) in [4.78, 5) is 26.2. The highest BCUT2D eigenvalue weighted by atomic mass is 16.4. The maximum Gasteiger partial charge on any atom is 0.337 e. The molecule has 0 atom stereocenters. The van der Waals surface area contributed by atoms with E-state index < -0.39 is 5.97 Å². The summed E-state index contributed by atoms with van der Waals surface area (Å²) < 4.78 is 1.55. The van der Waals surface area contributed by atoms with E-state index in [9.17, 15) is 19.8 Å². The molecule has 3 rings (SSSR count). The lowest BCUT2D eigenvalue weighted by Gasteiger charge is -2.26. The van der Waals surface area contributed by atoms with Crippen LogP contribution >= 0.6 is 0 Å². The van der Waals surface area contributed by atoms with E-state index in [-0.39, 0.29) is 23.4 Å². The Kier molecular flexibility index (Phi) is 3.10. The molecule has 106 valence electrons. The largest absolute Gasteiger partial charge is 0.478 e. The van der Waals surface area contributed by atoms with Gasteiger partial charge in [-0.05, 0) is 37.8 Å². The summed E-state index contributed by atoms with van der Waals surface area (Å²) >= 11 is 0. The molecular formula is C14H16N2O4. The third kappa shape index (κ3) is 2.02. The first kappa shape index (κ1) is 12.9. The summed E-state index contributed by atoms with van der Waals surface area (Å²) in [6.07, 6.45) is 2.33. The Morgan fingerprint density at radius 3 is 2.60 bits per heavy atom. The van der Waals surface area contributed by atoms with E-state index in [1.165, 1.54) is 6.07 Å². The van der Waals surface area contributed by atoms with Gasteiger partial charge in [0.25, 0.3) is 0 Å². The zero-order valence-corrected chi connectivity index (χ0v) is 10.9. The van der Waals surface area contributed by atoms with E-state index in [0.29, 0.717) is 36.7 Å². The lowest BCUT2D eigenvalue weighted by molar-refractivity contribution is 0.0697. The number of rotatable bonds is 2. The van der Waals surface area contributed by atoms with Crippen molar-refractivity contribution in [1.29, 1.82) is 0 Å². The van der Waals surface area contributed by atoms with Gasteiger partial charge in [-0.2, -0.15) is 0 Å². The number of fused-ring (bicyclic) bond motifs is 1. The third-order valence-electron chi connectivity index (χ3n) is 4.00. The molecule has 0 bridgehead atoms. The molecule has 1 aliphatic carbocycles. The van der Waals surface area contributed by atoms with Crippen LogP contribution in [0.1, 0.15) is 42.1 Å². The number of aromatic carboxylic acids is 1. The second-order valence-electron chi connectivity index (χ2n) is 5.27. The number of aromatic nitrogens is 2. The highest BCUT2D eigenvalue weighted by molar-refractivity contribution is 6.01. The average Bonchev–Trinajstić information content (AvgIpc) is 2.75. The van der Waals surface area contributed by atoms with Crippen molar-refractivity contribution in [1.82, 2.24) is 9.55 Å². The van der Waals surface area contributed by atoms with Crippen molar-refractivity contribution >= 4 is 17.0 Å². The number of imidazole rings is 1. The number of H-pyrrole nitrogens is 1. The van der Waals surface area contributed by atoms with Gasteiger partial charge in [-0.3, -0.25) is 4.57 Å². The van der Waals surface area contributed by atoms with Crippen LogP contribution in [0.25, 0.3) is 11.0 Å². The van der Waals surface area contributed by atoms with Gasteiger partial charge in [0.05, 0.1) is 22.7 Å². The second kappa shape index (κ2) is 4.79. The maximum absolute atomic E-state index is 12.1. The van der Waals surface area contributed by atoms with Crippen LogP contribution in [-0.2, 0) is 0 Å². The SMILES string of the molecule is O=C(O)c1cccc2[nH]c(=O)n(C3CCC(O)CC3)c12. The second-order valence-corrected chi connectivity index (χ2v) is 5.27. The van der Waals surface area contributed by atoms with Gasteiger partial charge in [0.1, 0.15) is 0 Å². The van der Waals surface area contributed by atoms with Crippen molar-refractivity contribution in [3.63, 3.8) is 0 Å². The molecule has 0 radical (unpaired) electrons. The zero-order chi connectivity index (χ0) is 14.3. The molecule has 1 aromatic carbocycles. The fraction of sp³-hybridized carbons (Fsp3) is 0.429. The molecule has 0 amide bonds. The standard InChI is InChI=1S/C14H16N2O4/c17-9-6-4-8(5-7-9)16-12-10(13(18)19)2-1-3-11(12)15-14(16)20/h1-3,8-9,17H,4-7H2,(H,15,20)(H,18,19). The molecule has 0 saturated heterocycles. The number of hydrogen-bond acceptors (Lipinski definition) is 3. The first-order valence-electron chi connectivity index (χ1n) is 6.72. The van der Waals surface area contributed by atoms with Crippen molar-refractivity contribution in [2.24, 2.45) is 0 Å². The van der Waals surface area contributed by atoms with Gasteiger partial charge in [0, 0.05) is 6.04 Å².